The zero-order valence-electron chi connectivity index (χ0n) is 21.5. The average Bonchev–Trinajstić information content (AvgIpc) is 3.58. The van der Waals surface area contributed by atoms with E-state index in [-0.39, 0.29) is 53.6 Å². The second-order valence-electron chi connectivity index (χ2n) is 10.7. The third-order valence-corrected chi connectivity index (χ3v) is 9.36. The van der Waals surface area contributed by atoms with E-state index in [1.807, 2.05) is 6.92 Å². The third-order valence-electron chi connectivity index (χ3n) is 7.85. The number of nitriles is 1. The summed E-state index contributed by atoms with van der Waals surface area (Å²) in [7, 11) is 0. The molecule has 1 aromatic heterocycles. The molecule has 3 saturated heterocycles. The number of β-lactam (4-membered cyclic amide) rings is 1. The normalized spacial score (nSPS) is 29.8. The van der Waals surface area contributed by atoms with Crippen molar-refractivity contribution < 1.29 is 24.3 Å². The molecule has 208 valence electrons. The summed E-state index contributed by atoms with van der Waals surface area (Å²) in [4.78, 5) is 54.3. The molecule has 16 heteroatoms. The van der Waals surface area contributed by atoms with Gasteiger partial charge in [0.15, 0.2) is 0 Å². The van der Waals surface area contributed by atoms with Gasteiger partial charge in [-0.1, -0.05) is 6.92 Å². The average molecular weight is 559 g/mol. The molecule has 3 fully saturated rings. The number of aliphatic carboxylic acids is 1. The van der Waals surface area contributed by atoms with Gasteiger partial charge in [0.1, 0.15) is 18.6 Å². The van der Waals surface area contributed by atoms with E-state index in [2.05, 4.69) is 32.2 Å². The van der Waals surface area contributed by atoms with Gasteiger partial charge in [-0.3, -0.25) is 14.4 Å². The molecule has 5 N–H and O–H groups in total. The molecule has 0 bridgehead atoms. The zero-order chi connectivity index (χ0) is 28.1. The van der Waals surface area contributed by atoms with Gasteiger partial charge in [-0.2, -0.15) is 5.26 Å². The first-order valence-corrected chi connectivity index (χ1v) is 13.6. The molecule has 4 aliphatic heterocycles. The monoisotopic (exact) mass is 558 g/mol. The standard InChI is InChI=1S/C23H30N10O5S/c1-11-17-16(12(2)28-15(34)7-32-10-27-29-30-32)21(36)33(17)18(22(37)38)19(11)39-13-5-14(26-6-13)20(35)31-8-23(25,9-31)3-4-24/h10-14,16-17,26H,3,5-9,25H2,1-2H3,(H,28,34)(H,37,38)/t11-,12?,13+,14+,16-,17-/m1/s1. The molecular formula is C23H30N10O5S. The van der Waals surface area contributed by atoms with Crippen molar-refractivity contribution in [2.24, 2.45) is 17.6 Å². The minimum absolute atomic E-state index is 0.0205. The maximum Gasteiger partial charge on any atom is 0.353 e. The number of fused-ring (bicyclic) bond motifs is 1. The van der Waals surface area contributed by atoms with Crippen molar-refractivity contribution in [1.82, 2.24) is 40.6 Å². The molecule has 6 atom stereocenters. The van der Waals surface area contributed by atoms with E-state index in [0.717, 1.165) is 0 Å². The Labute approximate surface area is 228 Å². The minimum atomic E-state index is -1.18. The van der Waals surface area contributed by atoms with Crippen molar-refractivity contribution in [3.63, 3.8) is 0 Å². The smallest absolute Gasteiger partial charge is 0.353 e. The number of hydrogen-bond acceptors (Lipinski definition) is 11. The van der Waals surface area contributed by atoms with Gasteiger partial charge >= 0.3 is 5.97 Å². The SMILES string of the molecule is CC(NC(=O)Cn1cnnn1)[C@H]1C(=O)N2C(C(=O)O)=C(S[C@@H]3CN[C@H](C(=O)N4CC(N)(CC#N)C4)C3)[C@H](C)[C@H]12. The lowest BCUT2D eigenvalue weighted by atomic mass is 9.78. The van der Waals surface area contributed by atoms with E-state index in [1.54, 1.807) is 11.8 Å². The molecule has 5 heterocycles. The predicted molar refractivity (Wildman–Crippen MR) is 135 cm³/mol. The van der Waals surface area contributed by atoms with Crippen LogP contribution in [-0.2, 0) is 25.7 Å². The number of nitrogens with one attached hydrogen (secondary N) is 2. The molecule has 5 rings (SSSR count). The summed E-state index contributed by atoms with van der Waals surface area (Å²) in [5.74, 6) is -2.77. The van der Waals surface area contributed by atoms with Crippen molar-refractivity contribution in [2.45, 2.75) is 62.1 Å². The predicted octanol–water partition coefficient (Wildman–Crippen LogP) is -2.13. The van der Waals surface area contributed by atoms with Gasteiger partial charge in [0.2, 0.25) is 17.7 Å². The first-order chi connectivity index (χ1) is 18.5. The van der Waals surface area contributed by atoms with Crippen molar-refractivity contribution in [2.75, 3.05) is 19.6 Å². The van der Waals surface area contributed by atoms with E-state index in [9.17, 15) is 24.3 Å². The number of aromatic nitrogens is 4. The summed E-state index contributed by atoms with van der Waals surface area (Å²) >= 11 is 1.40. The molecule has 39 heavy (non-hydrogen) atoms. The van der Waals surface area contributed by atoms with Crippen LogP contribution >= 0.6 is 11.8 Å². The Hall–Kier alpha value is -3.55. The van der Waals surface area contributed by atoms with Crippen molar-refractivity contribution in [3.8, 4) is 6.07 Å². The Morgan fingerprint density at radius 1 is 1.41 bits per heavy atom. The van der Waals surface area contributed by atoms with Crippen LogP contribution in [0.1, 0.15) is 26.7 Å². The number of carboxylic acids is 1. The van der Waals surface area contributed by atoms with Gasteiger partial charge in [-0.15, -0.1) is 16.9 Å². The molecule has 1 unspecified atom stereocenters. The molecule has 0 aromatic carbocycles. The van der Waals surface area contributed by atoms with Crippen LogP contribution in [0.5, 0.6) is 0 Å². The van der Waals surface area contributed by atoms with E-state index in [1.165, 1.54) is 27.7 Å². The number of carbonyl (C=O) groups is 4. The van der Waals surface area contributed by atoms with E-state index in [4.69, 9.17) is 11.0 Å². The second-order valence-corrected chi connectivity index (χ2v) is 12.1. The maximum absolute atomic E-state index is 13.1. The van der Waals surface area contributed by atoms with Crippen LogP contribution < -0.4 is 16.4 Å². The van der Waals surface area contributed by atoms with Gasteiger partial charge in [0.25, 0.3) is 0 Å². The van der Waals surface area contributed by atoms with E-state index in [0.29, 0.717) is 31.0 Å². The Kier molecular flexibility index (Phi) is 7.08. The van der Waals surface area contributed by atoms with Crippen LogP contribution in [0.2, 0.25) is 0 Å². The fourth-order valence-corrected chi connectivity index (χ4v) is 7.48. The molecule has 3 amide bonds. The summed E-state index contributed by atoms with van der Waals surface area (Å²) < 4.78 is 1.27. The fraction of sp³-hybridized carbons (Fsp3) is 0.652. The Morgan fingerprint density at radius 3 is 2.79 bits per heavy atom. The van der Waals surface area contributed by atoms with Crippen LogP contribution in [0, 0.1) is 23.2 Å². The van der Waals surface area contributed by atoms with E-state index < -0.39 is 29.5 Å². The van der Waals surface area contributed by atoms with Gasteiger partial charge < -0.3 is 31.3 Å². The Bertz CT molecular complexity index is 1260. The zero-order valence-corrected chi connectivity index (χ0v) is 22.3. The van der Waals surface area contributed by atoms with Gasteiger partial charge in [0, 0.05) is 41.7 Å². The lowest BCUT2D eigenvalue weighted by molar-refractivity contribution is -0.158. The number of nitrogens with zero attached hydrogens (tertiary/aromatic N) is 7. The lowest BCUT2D eigenvalue weighted by Crippen LogP contribution is -2.70. The van der Waals surface area contributed by atoms with Gasteiger partial charge in [-0.05, 0) is 23.8 Å². The summed E-state index contributed by atoms with van der Waals surface area (Å²) in [6.07, 6.45) is 2.01. The molecule has 15 nitrogen and oxygen atoms in total. The first-order valence-electron chi connectivity index (χ1n) is 12.7. The molecule has 4 aliphatic rings. The Morgan fingerprint density at radius 2 is 2.15 bits per heavy atom. The van der Waals surface area contributed by atoms with Crippen LogP contribution in [-0.4, -0.2) is 107 Å². The number of hydrogen-bond donors (Lipinski definition) is 4. The third kappa shape index (κ3) is 4.85. The highest BCUT2D eigenvalue weighted by molar-refractivity contribution is 8.03. The number of nitrogens with two attached hydrogens (primary N) is 1. The summed E-state index contributed by atoms with van der Waals surface area (Å²) in [6, 6.07) is 0.730. The lowest BCUT2D eigenvalue weighted by Gasteiger charge is -2.47. The summed E-state index contributed by atoms with van der Waals surface area (Å²) in [6.45, 7) is 4.71. The van der Waals surface area contributed by atoms with Crippen LogP contribution in [0.4, 0.5) is 0 Å². The number of tetrazole rings is 1. The van der Waals surface area contributed by atoms with Crippen LogP contribution in [0.25, 0.3) is 0 Å². The second kappa shape index (κ2) is 10.2. The number of rotatable bonds is 9. The van der Waals surface area contributed by atoms with Crippen molar-refractivity contribution in [3.05, 3.63) is 16.9 Å². The number of carboxylic acid groups (broad SMARTS) is 1. The van der Waals surface area contributed by atoms with Gasteiger partial charge in [0.05, 0.1) is 36.0 Å². The maximum atomic E-state index is 13.1. The van der Waals surface area contributed by atoms with Crippen molar-refractivity contribution in [1.29, 1.82) is 5.26 Å². The molecule has 0 radical (unpaired) electrons. The summed E-state index contributed by atoms with van der Waals surface area (Å²) in [5, 5.41) is 35.5. The first kappa shape index (κ1) is 27.0. The Balaban J connectivity index is 1.21. The van der Waals surface area contributed by atoms with Gasteiger partial charge in [-0.25, -0.2) is 9.48 Å². The van der Waals surface area contributed by atoms with E-state index >= 15 is 0 Å². The molecule has 1 aromatic rings. The summed E-state index contributed by atoms with van der Waals surface area (Å²) in [5.41, 5.74) is 5.43. The molecule has 0 aliphatic carbocycles. The quantitative estimate of drug-likeness (QED) is 0.239. The van der Waals surface area contributed by atoms with Crippen LogP contribution in [0.3, 0.4) is 0 Å². The highest BCUT2D eigenvalue weighted by atomic mass is 32.2. The largest absolute Gasteiger partial charge is 0.477 e. The topological polar surface area (TPSA) is 212 Å². The highest BCUT2D eigenvalue weighted by Crippen LogP contribution is 2.51. The molecule has 0 spiro atoms. The molecule has 0 saturated carbocycles. The number of likely N-dealkylation sites (tertiary alicyclic amines) is 1. The fourth-order valence-electron chi connectivity index (χ4n) is 6.01. The highest BCUT2D eigenvalue weighted by Gasteiger charge is 2.60. The minimum Gasteiger partial charge on any atom is -0.477 e. The number of amides is 3. The van der Waals surface area contributed by atoms with Crippen LogP contribution in [0.15, 0.2) is 16.9 Å². The number of carbonyl (C=O) groups excluding carboxylic acids is 3. The van der Waals surface area contributed by atoms with Crippen molar-refractivity contribution >= 4 is 35.5 Å². The number of thioether (sulfide) groups is 1. The molecular weight excluding hydrogens is 528 g/mol.